The van der Waals surface area contributed by atoms with Gasteiger partial charge in [0.2, 0.25) is 5.91 Å². The van der Waals surface area contributed by atoms with Crippen molar-refractivity contribution in [2.75, 3.05) is 19.5 Å². The van der Waals surface area contributed by atoms with Gasteiger partial charge in [0.15, 0.2) is 0 Å². The molecule has 5 heteroatoms. The summed E-state index contributed by atoms with van der Waals surface area (Å²) in [5.74, 6) is 1.52. The fraction of sp³-hybridized carbons (Fsp3) is 0.533. The first-order chi connectivity index (χ1) is 9.62. The molecule has 1 aromatic rings. The fourth-order valence-electron chi connectivity index (χ4n) is 1.95. The van der Waals surface area contributed by atoms with Crippen LogP contribution in [-0.4, -0.2) is 25.5 Å². The average Bonchev–Trinajstić information content (AvgIpc) is 2.46. The molecule has 0 radical (unpaired) electrons. The number of hydrogen-bond acceptors (Lipinski definition) is 3. The van der Waals surface area contributed by atoms with E-state index in [1.165, 1.54) is 0 Å². The third-order valence-corrected chi connectivity index (χ3v) is 3.63. The van der Waals surface area contributed by atoms with Crippen molar-refractivity contribution in [1.29, 1.82) is 0 Å². The number of alkyl halides is 1. The predicted molar refractivity (Wildman–Crippen MR) is 83.7 cm³/mol. The van der Waals surface area contributed by atoms with Crippen LogP contribution >= 0.6 is 15.9 Å². The smallest absolute Gasteiger partial charge is 0.220 e. The van der Waals surface area contributed by atoms with Gasteiger partial charge < -0.3 is 14.8 Å². The lowest BCUT2D eigenvalue weighted by Crippen LogP contribution is -2.26. The van der Waals surface area contributed by atoms with Crippen molar-refractivity contribution < 1.29 is 14.3 Å². The number of methoxy groups -OCH3 is 2. The van der Waals surface area contributed by atoms with Crippen molar-refractivity contribution in [3.63, 3.8) is 0 Å². The second-order valence-corrected chi connectivity index (χ2v) is 5.34. The minimum Gasteiger partial charge on any atom is -0.497 e. The first kappa shape index (κ1) is 16.8. The number of rotatable bonds is 8. The van der Waals surface area contributed by atoms with E-state index in [2.05, 4.69) is 21.2 Å². The Hall–Kier alpha value is -1.23. The van der Waals surface area contributed by atoms with Gasteiger partial charge >= 0.3 is 0 Å². The molecule has 1 unspecified atom stereocenters. The van der Waals surface area contributed by atoms with Gasteiger partial charge in [-0.3, -0.25) is 4.79 Å². The van der Waals surface area contributed by atoms with Gasteiger partial charge in [0.1, 0.15) is 11.5 Å². The molecule has 4 nitrogen and oxygen atoms in total. The molecule has 0 heterocycles. The molecular weight excluding hydrogens is 322 g/mol. The van der Waals surface area contributed by atoms with Gasteiger partial charge in [-0.15, -0.1) is 0 Å². The molecule has 0 aliphatic rings. The highest BCUT2D eigenvalue weighted by Gasteiger charge is 2.14. The maximum absolute atomic E-state index is 11.8. The molecule has 1 amide bonds. The minimum atomic E-state index is -0.0904. The van der Waals surface area contributed by atoms with Crippen molar-refractivity contribution in [1.82, 2.24) is 5.32 Å². The molecular formula is C15H22BrNO3. The Morgan fingerprint density at radius 2 is 2.05 bits per heavy atom. The maximum Gasteiger partial charge on any atom is 0.220 e. The van der Waals surface area contributed by atoms with E-state index in [0.717, 1.165) is 35.2 Å². The number of nitrogens with one attached hydrogen (secondary N) is 1. The zero-order chi connectivity index (χ0) is 15.0. The van der Waals surface area contributed by atoms with Crippen LogP contribution < -0.4 is 14.8 Å². The standard InChI is InChI=1S/C15H22BrNO3/c1-11(17-15(18)6-4-5-9-16)13-8-7-12(19-2)10-14(13)20-3/h7-8,10-11H,4-6,9H2,1-3H3,(H,17,18). The van der Waals surface area contributed by atoms with Crippen molar-refractivity contribution in [2.24, 2.45) is 0 Å². The van der Waals surface area contributed by atoms with Gasteiger partial charge in [0, 0.05) is 23.4 Å². The number of amides is 1. The van der Waals surface area contributed by atoms with Gasteiger partial charge in [0.05, 0.1) is 20.3 Å². The third kappa shape index (κ3) is 5.04. The summed E-state index contributed by atoms with van der Waals surface area (Å²) in [5, 5.41) is 3.92. The molecule has 0 saturated heterocycles. The van der Waals surface area contributed by atoms with Crippen LogP contribution in [0.4, 0.5) is 0 Å². The van der Waals surface area contributed by atoms with Gasteiger partial charge in [-0.2, -0.15) is 0 Å². The highest BCUT2D eigenvalue weighted by molar-refractivity contribution is 9.09. The molecule has 0 bridgehead atoms. The van der Waals surface area contributed by atoms with Crippen LogP contribution in [0, 0.1) is 0 Å². The largest absolute Gasteiger partial charge is 0.497 e. The summed E-state index contributed by atoms with van der Waals surface area (Å²) in [5.41, 5.74) is 0.946. The van der Waals surface area contributed by atoms with E-state index in [1.54, 1.807) is 14.2 Å². The molecule has 1 rings (SSSR count). The summed E-state index contributed by atoms with van der Waals surface area (Å²) in [6, 6.07) is 5.52. The molecule has 20 heavy (non-hydrogen) atoms. The quantitative estimate of drug-likeness (QED) is 0.580. The zero-order valence-electron chi connectivity index (χ0n) is 12.2. The number of carbonyl (C=O) groups excluding carboxylic acids is 1. The lowest BCUT2D eigenvalue weighted by molar-refractivity contribution is -0.121. The van der Waals surface area contributed by atoms with Crippen molar-refractivity contribution in [2.45, 2.75) is 32.2 Å². The van der Waals surface area contributed by atoms with Gasteiger partial charge in [0.25, 0.3) is 0 Å². The van der Waals surface area contributed by atoms with E-state index in [-0.39, 0.29) is 11.9 Å². The lowest BCUT2D eigenvalue weighted by atomic mass is 10.1. The van der Waals surface area contributed by atoms with Crippen LogP contribution in [0.2, 0.25) is 0 Å². The average molecular weight is 344 g/mol. The van der Waals surface area contributed by atoms with Crippen LogP contribution in [0.1, 0.15) is 37.8 Å². The van der Waals surface area contributed by atoms with Crippen LogP contribution in [0.25, 0.3) is 0 Å². The van der Waals surface area contributed by atoms with Crippen LogP contribution in [0.3, 0.4) is 0 Å². The Balaban J connectivity index is 2.66. The summed E-state index contributed by atoms with van der Waals surface area (Å²) < 4.78 is 10.5. The Bertz CT molecular complexity index is 437. The molecule has 1 atom stereocenters. The van der Waals surface area contributed by atoms with E-state index >= 15 is 0 Å². The van der Waals surface area contributed by atoms with E-state index in [0.29, 0.717) is 6.42 Å². The van der Waals surface area contributed by atoms with E-state index < -0.39 is 0 Å². The van der Waals surface area contributed by atoms with E-state index in [1.807, 2.05) is 25.1 Å². The second-order valence-electron chi connectivity index (χ2n) is 4.54. The summed E-state index contributed by atoms with van der Waals surface area (Å²) >= 11 is 3.36. The number of carbonyl (C=O) groups is 1. The lowest BCUT2D eigenvalue weighted by Gasteiger charge is -2.18. The molecule has 1 aromatic carbocycles. The van der Waals surface area contributed by atoms with Crippen LogP contribution in [0.5, 0.6) is 11.5 Å². The number of hydrogen-bond donors (Lipinski definition) is 1. The SMILES string of the molecule is COc1ccc(C(C)NC(=O)CCCCBr)c(OC)c1. The molecule has 0 aliphatic heterocycles. The van der Waals surface area contributed by atoms with E-state index in [9.17, 15) is 4.79 Å². The highest BCUT2D eigenvalue weighted by Crippen LogP contribution is 2.29. The monoisotopic (exact) mass is 343 g/mol. The molecule has 1 N–H and O–H groups in total. The summed E-state index contributed by atoms with van der Waals surface area (Å²) in [6.45, 7) is 1.95. The number of ether oxygens (including phenoxy) is 2. The predicted octanol–water partition coefficient (Wildman–Crippen LogP) is 3.45. The molecule has 0 aromatic heterocycles. The number of benzene rings is 1. The second kappa shape index (κ2) is 8.84. The maximum atomic E-state index is 11.8. The fourth-order valence-corrected chi connectivity index (χ4v) is 2.34. The van der Waals surface area contributed by atoms with E-state index in [4.69, 9.17) is 9.47 Å². The minimum absolute atomic E-state index is 0.0660. The Kier molecular flexibility index (Phi) is 7.44. The van der Waals surface area contributed by atoms with Crippen LogP contribution in [-0.2, 0) is 4.79 Å². The Morgan fingerprint density at radius 3 is 2.65 bits per heavy atom. The third-order valence-electron chi connectivity index (χ3n) is 3.07. The molecule has 0 fully saturated rings. The first-order valence-electron chi connectivity index (χ1n) is 6.69. The van der Waals surface area contributed by atoms with Gasteiger partial charge in [-0.05, 0) is 31.9 Å². The van der Waals surface area contributed by atoms with Crippen LogP contribution in [0.15, 0.2) is 18.2 Å². The van der Waals surface area contributed by atoms with Crippen molar-refractivity contribution in [3.8, 4) is 11.5 Å². The Labute approximate surface area is 129 Å². The summed E-state index contributed by atoms with van der Waals surface area (Å²) in [6.07, 6.45) is 2.45. The Morgan fingerprint density at radius 1 is 1.30 bits per heavy atom. The summed E-state index contributed by atoms with van der Waals surface area (Å²) in [7, 11) is 3.23. The molecule has 112 valence electrons. The summed E-state index contributed by atoms with van der Waals surface area (Å²) in [4.78, 5) is 11.8. The first-order valence-corrected chi connectivity index (χ1v) is 7.81. The topological polar surface area (TPSA) is 47.6 Å². The normalized spacial score (nSPS) is 11.8. The molecule has 0 spiro atoms. The van der Waals surface area contributed by atoms with Gasteiger partial charge in [-0.25, -0.2) is 0 Å². The zero-order valence-corrected chi connectivity index (χ0v) is 13.8. The van der Waals surface area contributed by atoms with Gasteiger partial charge in [-0.1, -0.05) is 15.9 Å². The molecule has 0 aliphatic carbocycles. The highest BCUT2D eigenvalue weighted by atomic mass is 79.9. The number of unbranched alkanes of at least 4 members (excludes halogenated alkanes) is 1. The van der Waals surface area contributed by atoms with Crippen molar-refractivity contribution >= 4 is 21.8 Å². The van der Waals surface area contributed by atoms with Crippen molar-refractivity contribution in [3.05, 3.63) is 23.8 Å². The number of halogens is 1. The molecule has 0 saturated carbocycles.